The lowest BCUT2D eigenvalue weighted by atomic mass is 10.0. The number of benzene rings is 1. The summed E-state index contributed by atoms with van der Waals surface area (Å²) in [6.07, 6.45) is 3.63. The Balaban J connectivity index is 1.53. The molecular weight excluding hydrogens is 404 g/mol. The number of hydrogen-bond donors (Lipinski definition) is 0. The number of carbonyl (C=O) groups is 2. The maximum absolute atomic E-state index is 13.0. The number of fused-ring (bicyclic) bond motifs is 1. The maximum atomic E-state index is 13.0. The Morgan fingerprint density at radius 3 is 2.37 bits per heavy atom. The zero-order valence-corrected chi connectivity index (χ0v) is 18.4. The number of piperidine rings is 1. The van der Waals surface area contributed by atoms with Crippen molar-refractivity contribution in [1.29, 1.82) is 0 Å². The minimum absolute atomic E-state index is 0.00771. The molecule has 2 amide bonds. The van der Waals surface area contributed by atoms with E-state index in [0.717, 1.165) is 37.9 Å². The number of piperazine rings is 1. The minimum Gasteiger partial charge on any atom is -0.339 e. The maximum Gasteiger partial charge on any atom is 0.243 e. The van der Waals surface area contributed by atoms with Crippen molar-refractivity contribution in [2.24, 2.45) is 0 Å². The van der Waals surface area contributed by atoms with Crippen molar-refractivity contribution in [2.45, 2.75) is 37.0 Å². The van der Waals surface area contributed by atoms with Crippen LogP contribution in [0, 0.1) is 0 Å². The standard InChI is InChI=1S/C21H30N4O4S/c1-22-11-13-23(14-12-22)21(27)16-25-19-7-6-18(15-17(19)5-8-20(25)26)30(28,29)24-9-3-2-4-10-24/h6-7,15H,2-5,8-14,16H2,1H3. The van der Waals surface area contributed by atoms with Crippen molar-refractivity contribution in [2.75, 3.05) is 57.8 Å². The summed E-state index contributed by atoms with van der Waals surface area (Å²) in [4.78, 5) is 31.1. The van der Waals surface area contributed by atoms with E-state index in [-0.39, 0.29) is 29.7 Å². The fourth-order valence-electron chi connectivity index (χ4n) is 4.42. The molecule has 3 aliphatic heterocycles. The van der Waals surface area contributed by atoms with E-state index in [1.807, 2.05) is 7.05 Å². The Labute approximate surface area is 178 Å². The lowest BCUT2D eigenvalue weighted by molar-refractivity contribution is -0.132. The average Bonchev–Trinajstić information content (AvgIpc) is 2.76. The van der Waals surface area contributed by atoms with Gasteiger partial charge in [-0.15, -0.1) is 0 Å². The normalized spacial score (nSPS) is 21.6. The third-order valence-electron chi connectivity index (χ3n) is 6.35. The predicted octanol–water partition coefficient (Wildman–Crippen LogP) is 0.914. The molecule has 30 heavy (non-hydrogen) atoms. The molecule has 0 bridgehead atoms. The van der Waals surface area contributed by atoms with Gasteiger partial charge in [0.15, 0.2) is 0 Å². The molecule has 0 unspecified atom stereocenters. The van der Waals surface area contributed by atoms with E-state index in [0.29, 0.717) is 38.3 Å². The predicted molar refractivity (Wildman–Crippen MR) is 114 cm³/mol. The zero-order valence-electron chi connectivity index (χ0n) is 17.5. The molecular formula is C21H30N4O4S. The highest BCUT2D eigenvalue weighted by Gasteiger charge is 2.31. The number of rotatable bonds is 4. The molecule has 9 heteroatoms. The molecule has 0 saturated carbocycles. The van der Waals surface area contributed by atoms with Crippen molar-refractivity contribution in [1.82, 2.24) is 14.1 Å². The minimum atomic E-state index is -3.52. The summed E-state index contributed by atoms with van der Waals surface area (Å²) >= 11 is 0. The summed E-state index contributed by atoms with van der Waals surface area (Å²) in [5, 5.41) is 0. The largest absolute Gasteiger partial charge is 0.339 e. The highest BCUT2D eigenvalue weighted by molar-refractivity contribution is 7.89. The van der Waals surface area contributed by atoms with E-state index < -0.39 is 10.0 Å². The highest BCUT2D eigenvalue weighted by atomic mass is 32.2. The first-order valence-corrected chi connectivity index (χ1v) is 12.2. The molecule has 2 fully saturated rings. The number of anilines is 1. The smallest absolute Gasteiger partial charge is 0.243 e. The number of aryl methyl sites for hydroxylation is 1. The van der Waals surface area contributed by atoms with Crippen LogP contribution in [-0.2, 0) is 26.0 Å². The van der Waals surface area contributed by atoms with E-state index in [1.165, 1.54) is 4.90 Å². The lowest BCUT2D eigenvalue weighted by Crippen LogP contribution is -2.51. The van der Waals surface area contributed by atoms with Crippen LogP contribution in [0.25, 0.3) is 0 Å². The molecule has 164 valence electrons. The number of hydrogen-bond acceptors (Lipinski definition) is 5. The van der Waals surface area contributed by atoms with E-state index in [2.05, 4.69) is 4.90 Å². The molecule has 4 rings (SSSR count). The van der Waals surface area contributed by atoms with Gasteiger partial charge in [-0.1, -0.05) is 6.42 Å². The molecule has 1 aromatic carbocycles. The van der Waals surface area contributed by atoms with Gasteiger partial charge in [0.2, 0.25) is 21.8 Å². The van der Waals surface area contributed by atoms with E-state index >= 15 is 0 Å². The third-order valence-corrected chi connectivity index (χ3v) is 8.25. The van der Waals surface area contributed by atoms with Crippen LogP contribution in [0.5, 0.6) is 0 Å². The number of nitrogens with zero attached hydrogens (tertiary/aromatic N) is 4. The number of sulfonamides is 1. The van der Waals surface area contributed by atoms with E-state index in [9.17, 15) is 18.0 Å². The molecule has 0 N–H and O–H groups in total. The summed E-state index contributed by atoms with van der Waals surface area (Å²) in [6.45, 7) is 4.11. The number of likely N-dealkylation sites (N-methyl/N-ethyl adjacent to an activating group) is 1. The molecule has 0 aliphatic carbocycles. The second kappa shape index (κ2) is 8.64. The molecule has 3 aliphatic rings. The first-order valence-electron chi connectivity index (χ1n) is 10.8. The summed E-state index contributed by atoms with van der Waals surface area (Å²) < 4.78 is 27.6. The van der Waals surface area contributed by atoms with Gasteiger partial charge in [-0.25, -0.2) is 8.42 Å². The first kappa shape index (κ1) is 21.3. The molecule has 1 aromatic rings. The summed E-state index contributed by atoms with van der Waals surface area (Å²) in [6, 6.07) is 4.97. The monoisotopic (exact) mass is 434 g/mol. The summed E-state index contributed by atoms with van der Waals surface area (Å²) in [5.41, 5.74) is 1.48. The fraction of sp³-hybridized carbons (Fsp3) is 0.619. The van der Waals surface area contributed by atoms with Crippen LogP contribution in [0.3, 0.4) is 0 Å². The van der Waals surface area contributed by atoms with Crippen molar-refractivity contribution < 1.29 is 18.0 Å². The van der Waals surface area contributed by atoms with Crippen LogP contribution in [0.1, 0.15) is 31.2 Å². The van der Waals surface area contributed by atoms with E-state index in [1.54, 1.807) is 27.4 Å². The Morgan fingerprint density at radius 2 is 1.67 bits per heavy atom. The zero-order chi connectivity index (χ0) is 21.3. The molecule has 0 aromatic heterocycles. The van der Waals surface area contributed by atoms with Gasteiger partial charge < -0.3 is 14.7 Å². The molecule has 3 heterocycles. The van der Waals surface area contributed by atoms with Crippen molar-refractivity contribution in [3.05, 3.63) is 23.8 Å². The van der Waals surface area contributed by atoms with Gasteiger partial charge in [-0.3, -0.25) is 9.59 Å². The first-order chi connectivity index (χ1) is 14.4. The molecule has 0 spiro atoms. The Bertz CT molecular complexity index is 919. The number of carbonyl (C=O) groups excluding carboxylic acids is 2. The second-order valence-corrected chi connectivity index (χ2v) is 10.4. The quantitative estimate of drug-likeness (QED) is 0.704. The topological polar surface area (TPSA) is 81.2 Å². The molecule has 2 saturated heterocycles. The van der Waals surface area contributed by atoms with Gasteiger partial charge >= 0.3 is 0 Å². The summed E-state index contributed by atoms with van der Waals surface area (Å²) in [7, 11) is -1.49. The fourth-order valence-corrected chi connectivity index (χ4v) is 5.98. The van der Waals surface area contributed by atoms with Crippen LogP contribution in [0.2, 0.25) is 0 Å². The van der Waals surface area contributed by atoms with Crippen molar-refractivity contribution in [3.63, 3.8) is 0 Å². The molecule has 8 nitrogen and oxygen atoms in total. The second-order valence-electron chi connectivity index (χ2n) is 8.42. The Hall–Kier alpha value is -1.97. The Morgan fingerprint density at radius 1 is 0.967 bits per heavy atom. The van der Waals surface area contributed by atoms with Gasteiger partial charge in [0.1, 0.15) is 6.54 Å². The van der Waals surface area contributed by atoms with Crippen LogP contribution in [0.15, 0.2) is 23.1 Å². The van der Waals surface area contributed by atoms with E-state index in [4.69, 9.17) is 0 Å². The van der Waals surface area contributed by atoms with Gasteiger partial charge in [-0.05, 0) is 50.1 Å². The van der Waals surface area contributed by atoms with Crippen LogP contribution in [-0.4, -0.2) is 87.2 Å². The van der Waals surface area contributed by atoms with Crippen molar-refractivity contribution in [3.8, 4) is 0 Å². The molecule has 0 radical (unpaired) electrons. The Kier molecular flexibility index (Phi) is 6.13. The highest BCUT2D eigenvalue weighted by Crippen LogP contribution is 2.31. The van der Waals surface area contributed by atoms with Crippen molar-refractivity contribution >= 4 is 27.5 Å². The van der Waals surface area contributed by atoms with Gasteiger partial charge in [0, 0.05) is 51.4 Å². The van der Waals surface area contributed by atoms with Gasteiger partial charge in [0.05, 0.1) is 4.90 Å². The SMILES string of the molecule is CN1CCN(C(=O)CN2C(=O)CCc3cc(S(=O)(=O)N4CCCCC4)ccc32)CC1. The van der Waals surface area contributed by atoms with Crippen LogP contribution in [0.4, 0.5) is 5.69 Å². The van der Waals surface area contributed by atoms with Crippen LogP contribution < -0.4 is 4.90 Å². The number of amides is 2. The van der Waals surface area contributed by atoms with Gasteiger partial charge in [-0.2, -0.15) is 4.31 Å². The van der Waals surface area contributed by atoms with Crippen LogP contribution >= 0.6 is 0 Å². The average molecular weight is 435 g/mol. The summed E-state index contributed by atoms with van der Waals surface area (Å²) in [5.74, 6) is -0.147. The third kappa shape index (κ3) is 4.24. The lowest BCUT2D eigenvalue weighted by Gasteiger charge is -2.35. The molecule has 0 atom stereocenters. The van der Waals surface area contributed by atoms with Gasteiger partial charge in [0.25, 0.3) is 0 Å².